The predicted octanol–water partition coefficient (Wildman–Crippen LogP) is 4.40. The zero-order chi connectivity index (χ0) is 14.2. The van der Waals surface area contributed by atoms with Gasteiger partial charge in [-0.2, -0.15) is 0 Å². The van der Waals surface area contributed by atoms with Gasteiger partial charge < -0.3 is 14.8 Å². The second-order valence-electron chi connectivity index (χ2n) is 5.41. The standard InChI is InChI=1S/C14H16Cl3NO2/c15-10-5-12(17)13(6-11(10)16)18-9-1-3-20-14(7-9)2-4-19-8-14/h5-6,9,18H,1-4,7-8H2. The van der Waals surface area contributed by atoms with E-state index in [2.05, 4.69) is 5.32 Å². The maximum Gasteiger partial charge on any atom is 0.0956 e. The number of anilines is 1. The van der Waals surface area contributed by atoms with Gasteiger partial charge in [0.1, 0.15) is 0 Å². The van der Waals surface area contributed by atoms with Crippen LogP contribution in [0.1, 0.15) is 19.3 Å². The summed E-state index contributed by atoms with van der Waals surface area (Å²) in [5, 5.41) is 5.02. The first-order valence-corrected chi connectivity index (χ1v) is 7.84. The van der Waals surface area contributed by atoms with Crippen LogP contribution in [0.25, 0.3) is 0 Å². The van der Waals surface area contributed by atoms with Crippen LogP contribution in [0.4, 0.5) is 5.69 Å². The molecule has 0 saturated carbocycles. The van der Waals surface area contributed by atoms with Gasteiger partial charge in [-0.3, -0.25) is 0 Å². The Hall–Kier alpha value is -0.190. The molecular formula is C14H16Cl3NO2. The van der Waals surface area contributed by atoms with Crippen LogP contribution in [0.3, 0.4) is 0 Å². The van der Waals surface area contributed by atoms with Crippen LogP contribution in [0.2, 0.25) is 15.1 Å². The van der Waals surface area contributed by atoms with Crippen molar-refractivity contribution in [2.75, 3.05) is 25.1 Å². The van der Waals surface area contributed by atoms with E-state index in [1.165, 1.54) is 0 Å². The first kappa shape index (κ1) is 14.7. The molecule has 0 aromatic heterocycles. The van der Waals surface area contributed by atoms with Crippen molar-refractivity contribution in [1.29, 1.82) is 0 Å². The summed E-state index contributed by atoms with van der Waals surface area (Å²) in [7, 11) is 0. The van der Waals surface area contributed by atoms with Crippen molar-refractivity contribution in [1.82, 2.24) is 0 Å². The number of hydrogen-bond acceptors (Lipinski definition) is 3. The van der Waals surface area contributed by atoms with E-state index in [1.54, 1.807) is 12.1 Å². The van der Waals surface area contributed by atoms with Gasteiger partial charge in [0.25, 0.3) is 0 Å². The van der Waals surface area contributed by atoms with Gasteiger partial charge in [0, 0.05) is 25.7 Å². The minimum atomic E-state index is -0.126. The molecular weight excluding hydrogens is 321 g/mol. The first-order valence-electron chi connectivity index (χ1n) is 6.71. The maximum atomic E-state index is 6.21. The minimum absolute atomic E-state index is 0.126. The van der Waals surface area contributed by atoms with Crippen molar-refractivity contribution in [2.24, 2.45) is 0 Å². The molecule has 1 aromatic carbocycles. The molecule has 1 N–H and O–H groups in total. The zero-order valence-electron chi connectivity index (χ0n) is 10.9. The van der Waals surface area contributed by atoms with Crippen molar-refractivity contribution >= 4 is 40.5 Å². The molecule has 110 valence electrons. The number of rotatable bonds is 2. The van der Waals surface area contributed by atoms with Gasteiger partial charge in [-0.05, 0) is 25.0 Å². The molecule has 2 aliphatic heterocycles. The van der Waals surface area contributed by atoms with Crippen molar-refractivity contribution < 1.29 is 9.47 Å². The molecule has 2 heterocycles. The molecule has 2 saturated heterocycles. The van der Waals surface area contributed by atoms with E-state index in [1.807, 2.05) is 0 Å². The highest BCUT2D eigenvalue weighted by molar-refractivity contribution is 6.44. The van der Waals surface area contributed by atoms with Crippen LogP contribution in [0, 0.1) is 0 Å². The quantitative estimate of drug-likeness (QED) is 0.812. The summed E-state index contributed by atoms with van der Waals surface area (Å²) in [6, 6.07) is 3.75. The molecule has 6 heteroatoms. The topological polar surface area (TPSA) is 30.5 Å². The number of hydrogen-bond donors (Lipinski definition) is 1. The predicted molar refractivity (Wildman–Crippen MR) is 82.2 cm³/mol. The van der Waals surface area contributed by atoms with Crippen LogP contribution in [-0.4, -0.2) is 31.5 Å². The highest BCUT2D eigenvalue weighted by Crippen LogP contribution is 2.37. The van der Waals surface area contributed by atoms with Crippen LogP contribution in [0.5, 0.6) is 0 Å². The lowest BCUT2D eigenvalue weighted by molar-refractivity contribution is -0.0828. The summed E-state index contributed by atoms with van der Waals surface area (Å²) < 4.78 is 11.4. The number of halogens is 3. The number of benzene rings is 1. The van der Waals surface area contributed by atoms with E-state index in [4.69, 9.17) is 44.3 Å². The van der Waals surface area contributed by atoms with Gasteiger partial charge in [0.05, 0.1) is 33.0 Å². The third kappa shape index (κ3) is 3.02. The summed E-state index contributed by atoms with van der Waals surface area (Å²) in [5.41, 5.74) is 0.695. The lowest BCUT2D eigenvalue weighted by Gasteiger charge is -2.37. The Morgan fingerprint density at radius 1 is 1.10 bits per heavy atom. The van der Waals surface area contributed by atoms with Gasteiger partial charge >= 0.3 is 0 Å². The van der Waals surface area contributed by atoms with Crippen LogP contribution in [0.15, 0.2) is 12.1 Å². The monoisotopic (exact) mass is 335 g/mol. The highest BCUT2D eigenvalue weighted by Gasteiger charge is 2.41. The van der Waals surface area contributed by atoms with Crippen LogP contribution < -0.4 is 5.32 Å². The van der Waals surface area contributed by atoms with Crippen molar-refractivity contribution in [3.8, 4) is 0 Å². The molecule has 2 aliphatic rings. The molecule has 0 radical (unpaired) electrons. The Morgan fingerprint density at radius 2 is 1.90 bits per heavy atom. The third-order valence-electron chi connectivity index (χ3n) is 3.93. The SMILES string of the molecule is Clc1cc(Cl)c(NC2CCOC3(CCOC3)C2)cc1Cl. The van der Waals surface area contributed by atoms with E-state index < -0.39 is 0 Å². The Labute approximate surface area is 133 Å². The van der Waals surface area contributed by atoms with Gasteiger partial charge in [-0.15, -0.1) is 0 Å². The normalized spacial score (nSPS) is 29.9. The fraction of sp³-hybridized carbons (Fsp3) is 0.571. The molecule has 0 aliphatic carbocycles. The Morgan fingerprint density at radius 3 is 2.65 bits per heavy atom. The molecule has 20 heavy (non-hydrogen) atoms. The molecule has 3 nitrogen and oxygen atoms in total. The fourth-order valence-corrected chi connectivity index (χ4v) is 3.47. The summed E-state index contributed by atoms with van der Waals surface area (Å²) >= 11 is 18.2. The molecule has 2 fully saturated rings. The van der Waals surface area contributed by atoms with Crippen LogP contribution >= 0.6 is 34.8 Å². The van der Waals surface area contributed by atoms with E-state index >= 15 is 0 Å². The molecule has 1 aromatic rings. The average molecular weight is 337 g/mol. The Bertz CT molecular complexity index is 503. The summed E-state index contributed by atoms with van der Waals surface area (Å²) in [4.78, 5) is 0. The van der Waals surface area contributed by atoms with E-state index in [0.717, 1.165) is 38.2 Å². The minimum Gasteiger partial charge on any atom is -0.381 e. The van der Waals surface area contributed by atoms with Crippen molar-refractivity contribution in [2.45, 2.75) is 30.9 Å². The number of nitrogens with one attached hydrogen (secondary N) is 1. The Balaban J connectivity index is 1.73. The third-order valence-corrected chi connectivity index (χ3v) is 4.96. The van der Waals surface area contributed by atoms with E-state index in [0.29, 0.717) is 27.7 Å². The Kier molecular flexibility index (Phi) is 4.34. The van der Waals surface area contributed by atoms with Crippen molar-refractivity contribution in [3.63, 3.8) is 0 Å². The molecule has 2 unspecified atom stereocenters. The highest BCUT2D eigenvalue weighted by atomic mass is 35.5. The lowest BCUT2D eigenvalue weighted by Crippen LogP contribution is -2.44. The largest absolute Gasteiger partial charge is 0.381 e. The average Bonchev–Trinajstić information content (AvgIpc) is 2.84. The van der Waals surface area contributed by atoms with Gasteiger partial charge in [0.2, 0.25) is 0 Å². The summed E-state index contributed by atoms with van der Waals surface area (Å²) in [6.45, 7) is 2.19. The molecule has 0 amide bonds. The summed E-state index contributed by atoms with van der Waals surface area (Å²) in [5.74, 6) is 0. The molecule has 3 rings (SSSR count). The lowest BCUT2D eigenvalue weighted by atomic mass is 9.89. The zero-order valence-corrected chi connectivity index (χ0v) is 13.2. The molecule has 1 spiro atoms. The fourth-order valence-electron chi connectivity index (χ4n) is 2.87. The van der Waals surface area contributed by atoms with E-state index in [9.17, 15) is 0 Å². The maximum absolute atomic E-state index is 6.21. The van der Waals surface area contributed by atoms with Gasteiger partial charge in [-0.1, -0.05) is 34.8 Å². The second kappa shape index (κ2) is 5.90. The van der Waals surface area contributed by atoms with Crippen molar-refractivity contribution in [3.05, 3.63) is 27.2 Å². The summed E-state index contributed by atoms with van der Waals surface area (Å²) in [6.07, 6.45) is 2.82. The smallest absolute Gasteiger partial charge is 0.0956 e. The van der Waals surface area contributed by atoms with Gasteiger partial charge in [0.15, 0.2) is 0 Å². The molecule has 2 atom stereocenters. The molecule has 0 bridgehead atoms. The second-order valence-corrected chi connectivity index (χ2v) is 6.64. The first-order chi connectivity index (χ1) is 9.58. The van der Waals surface area contributed by atoms with E-state index in [-0.39, 0.29) is 5.60 Å². The van der Waals surface area contributed by atoms with Crippen LogP contribution in [-0.2, 0) is 9.47 Å². The number of ether oxygens (including phenoxy) is 2. The van der Waals surface area contributed by atoms with Gasteiger partial charge in [-0.25, -0.2) is 0 Å².